The third-order valence-electron chi connectivity index (χ3n) is 3.77. The summed E-state index contributed by atoms with van der Waals surface area (Å²) >= 11 is 1.59. The van der Waals surface area contributed by atoms with Gasteiger partial charge in [0, 0.05) is 12.1 Å². The van der Waals surface area contributed by atoms with Gasteiger partial charge in [-0.25, -0.2) is 9.99 Å². The first kappa shape index (κ1) is 17.2. The third kappa shape index (κ3) is 4.28. The molecule has 0 amide bonds. The van der Waals surface area contributed by atoms with Crippen molar-refractivity contribution >= 4 is 32.9 Å². The van der Waals surface area contributed by atoms with Gasteiger partial charge in [-0.3, -0.25) is 0 Å². The Morgan fingerprint density at radius 1 is 1.20 bits per heavy atom. The van der Waals surface area contributed by atoms with Crippen LogP contribution in [0.2, 0.25) is 0 Å². The van der Waals surface area contributed by atoms with Crippen molar-refractivity contribution in [1.29, 1.82) is 0 Å². The number of para-hydroxylation sites is 1. The molecule has 0 spiro atoms. The number of aromatic nitrogens is 1. The van der Waals surface area contributed by atoms with Gasteiger partial charge in [-0.2, -0.15) is 5.10 Å². The summed E-state index contributed by atoms with van der Waals surface area (Å²) in [6, 6.07) is 12.4. The molecule has 0 atom stereocenters. The normalized spacial score (nSPS) is 11.6. The number of nitrogens with zero attached hydrogens (tertiary/aromatic N) is 3. The molecule has 6 heteroatoms. The minimum atomic E-state index is 0.0784. The number of anilines is 1. The lowest BCUT2D eigenvalue weighted by atomic mass is 10.1. The average Bonchev–Trinajstić information content (AvgIpc) is 3.01. The molecule has 0 aliphatic heterocycles. The van der Waals surface area contributed by atoms with Crippen LogP contribution in [0.1, 0.15) is 25.8 Å². The lowest BCUT2D eigenvalue weighted by Gasteiger charge is -2.17. The first-order chi connectivity index (χ1) is 12.0. The maximum Gasteiger partial charge on any atom is 0.207 e. The molecule has 130 valence electrons. The van der Waals surface area contributed by atoms with Gasteiger partial charge in [0.25, 0.3) is 0 Å². The summed E-state index contributed by atoms with van der Waals surface area (Å²) in [6.45, 7) is 5.07. The van der Waals surface area contributed by atoms with Crippen molar-refractivity contribution in [2.75, 3.05) is 11.6 Å². The van der Waals surface area contributed by atoms with E-state index in [1.54, 1.807) is 17.6 Å². The fourth-order valence-electron chi connectivity index (χ4n) is 2.33. The Morgan fingerprint density at radius 3 is 2.76 bits per heavy atom. The van der Waals surface area contributed by atoms with Crippen molar-refractivity contribution in [2.24, 2.45) is 11.0 Å². The number of fused-ring (bicyclic) bond motifs is 1. The lowest BCUT2D eigenvalue weighted by Crippen LogP contribution is -2.19. The van der Waals surface area contributed by atoms with Crippen molar-refractivity contribution in [3.05, 3.63) is 48.0 Å². The smallest absolute Gasteiger partial charge is 0.207 e. The monoisotopic (exact) mass is 355 g/mol. The molecule has 25 heavy (non-hydrogen) atoms. The molecule has 1 heterocycles. The number of hydrogen-bond acceptors (Lipinski definition) is 6. The van der Waals surface area contributed by atoms with Gasteiger partial charge in [0.1, 0.15) is 11.5 Å². The van der Waals surface area contributed by atoms with Crippen LogP contribution in [0.25, 0.3) is 10.2 Å². The van der Waals surface area contributed by atoms with Crippen molar-refractivity contribution in [1.82, 2.24) is 4.98 Å². The molecular formula is C19H21N3O2S. The topological polar surface area (TPSA) is 69.0 Å². The molecule has 0 aliphatic rings. The van der Waals surface area contributed by atoms with E-state index >= 15 is 0 Å². The highest BCUT2D eigenvalue weighted by atomic mass is 32.1. The van der Waals surface area contributed by atoms with Gasteiger partial charge in [0.15, 0.2) is 0 Å². The van der Waals surface area contributed by atoms with Crippen LogP contribution in [0.15, 0.2) is 47.6 Å². The van der Waals surface area contributed by atoms with Crippen LogP contribution in [-0.4, -0.2) is 28.0 Å². The van der Waals surface area contributed by atoms with Crippen molar-refractivity contribution in [3.8, 4) is 11.5 Å². The van der Waals surface area contributed by atoms with Gasteiger partial charge in [-0.05, 0) is 42.7 Å². The first-order valence-corrected chi connectivity index (χ1v) is 9.03. The third-order valence-corrected chi connectivity index (χ3v) is 4.82. The van der Waals surface area contributed by atoms with Crippen molar-refractivity contribution < 1.29 is 10.2 Å². The van der Waals surface area contributed by atoms with E-state index in [4.69, 9.17) is 0 Å². The predicted molar refractivity (Wildman–Crippen MR) is 104 cm³/mol. The molecule has 0 saturated heterocycles. The van der Waals surface area contributed by atoms with Crippen molar-refractivity contribution in [3.63, 3.8) is 0 Å². The first-order valence-electron chi connectivity index (χ1n) is 8.22. The summed E-state index contributed by atoms with van der Waals surface area (Å²) < 4.78 is 1.11. The van der Waals surface area contributed by atoms with E-state index in [1.807, 2.05) is 29.3 Å². The van der Waals surface area contributed by atoms with E-state index in [1.165, 1.54) is 18.2 Å². The van der Waals surface area contributed by atoms with E-state index in [0.717, 1.165) is 28.3 Å². The molecule has 2 N–H and O–H groups in total. The van der Waals surface area contributed by atoms with E-state index in [-0.39, 0.29) is 11.5 Å². The number of phenolic OH excluding ortho intramolecular Hbond substituents is 2. The Hall–Kier alpha value is -2.60. The van der Waals surface area contributed by atoms with E-state index < -0.39 is 0 Å². The Kier molecular flexibility index (Phi) is 5.19. The van der Waals surface area contributed by atoms with Crippen LogP contribution in [-0.2, 0) is 0 Å². The van der Waals surface area contributed by atoms with Crippen LogP contribution >= 0.6 is 11.3 Å². The number of thiazole rings is 1. The van der Waals surface area contributed by atoms with Gasteiger partial charge in [0.2, 0.25) is 5.13 Å². The Morgan fingerprint density at radius 2 is 2.00 bits per heavy atom. The average molecular weight is 355 g/mol. The summed E-state index contributed by atoms with van der Waals surface area (Å²) in [5.41, 5.74) is 1.42. The summed E-state index contributed by atoms with van der Waals surface area (Å²) in [6.07, 6.45) is 2.53. The van der Waals surface area contributed by atoms with Crippen LogP contribution in [0, 0.1) is 5.92 Å². The molecule has 0 fully saturated rings. The van der Waals surface area contributed by atoms with Gasteiger partial charge in [-0.1, -0.05) is 37.3 Å². The van der Waals surface area contributed by atoms with E-state index in [9.17, 15) is 10.2 Å². The van der Waals surface area contributed by atoms with Crippen LogP contribution in [0.3, 0.4) is 0 Å². The zero-order chi connectivity index (χ0) is 17.8. The molecule has 0 saturated carbocycles. The summed E-state index contributed by atoms with van der Waals surface area (Å²) in [5, 5.41) is 26.7. The second-order valence-electron chi connectivity index (χ2n) is 6.26. The second kappa shape index (κ2) is 7.53. The minimum Gasteiger partial charge on any atom is -0.508 e. The molecule has 5 nitrogen and oxygen atoms in total. The molecule has 2 aromatic carbocycles. The summed E-state index contributed by atoms with van der Waals surface area (Å²) in [7, 11) is 0. The van der Waals surface area contributed by atoms with Gasteiger partial charge >= 0.3 is 0 Å². The van der Waals surface area contributed by atoms with Crippen LogP contribution in [0.5, 0.6) is 11.5 Å². The number of hydrazone groups is 1. The molecule has 0 bridgehead atoms. The Bertz CT molecular complexity index is 856. The van der Waals surface area contributed by atoms with Gasteiger partial charge < -0.3 is 10.2 Å². The molecule has 1 aromatic heterocycles. The zero-order valence-electron chi connectivity index (χ0n) is 14.3. The Balaban J connectivity index is 1.91. The van der Waals surface area contributed by atoms with Crippen molar-refractivity contribution in [2.45, 2.75) is 20.3 Å². The fraction of sp³-hybridized carbons (Fsp3) is 0.263. The molecule has 0 aliphatic carbocycles. The number of aromatic hydroxyl groups is 2. The van der Waals surface area contributed by atoms with Gasteiger partial charge in [0.05, 0.1) is 16.4 Å². The fourth-order valence-corrected chi connectivity index (χ4v) is 3.28. The number of hydrogen-bond donors (Lipinski definition) is 2. The molecule has 3 aromatic rings. The molecular weight excluding hydrogens is 334 g/mol. The standard InChI is InChI=1S/C19H21N3O2S/c1-13(2)9-10-22(19-21-16-5-3-4-6-18(16)25-19)20-12-14-11-15(23)7-8-17(14)24/h3-8,11-13,23-24H,9-10H2,1-2H3/b20-12+. The lowest BCUT2D eigenvalue weighted by molar-refractivity contribution is 0.459. The van der Waals surface area contributed by atoms with Crippen LogP contribution < -0.4 is 5.01 Å². The number of rotatable bonds is 6. The summed E-state index contributed by atoms with van der Waals surface area (Å²) in [5.74, 6) is 0.712. The highest BCUT2D eigenvalue weighted by molar-refractivity contribution is 7.22. The molecule has 0 unspecified atom stereocenters. The van der Waals surface area contributed by atoms with Gasteiger partial charge in [-0.15, -0.1) is 0 Å². The highest BCUT2D eigenvalue weighted by Crippen LogP contribution is 2.29. The quantitative estimate of drug-likeness (QED) is 0.385. The SMILES string of the molecule is CC(C)CCN(/N=C/c1cc(O)ccc1O)c1nc2ccccc2s1. The Labute approximate surface area is 150 Å². The number of phenols is 2. The molecule has 0 radical (unpaired) electrons. The van der Waals surface area contributed by atoms with Crippen LogP contribution in [0.4, 0.5) is 5.13 Å². The maximum absolute atomic E-state index is 9.92. The summed E-state index contributed by atoms with van der Waals surface area (Å²) in [4.78, 5) is 4.66. The largest absolute Gasteiger partial charge is 0.508 e. The number of benzene rings is 2. The van der Waals surface area contributed by atoms with E-state index in [0.29, 0.717) is 11.5 Å². The van der Waals surface area contributed by atoms with E-state index in [2.05, 4.69) is 23.9 Å². The second-order valence-corrected chi connectivity index (χ2v) is 7.27. The molecule has 3 rings (SSSR count). The highest BCUT2D eigenvalue weighted by Gasteiger charge is 2.12. The maximum atomic E-state index is 9.92. The zero-order valence-corrected chi connectivity index (χ0v) is 15.1. The predicted octanol–water partition coefficient (Wildman–Crippen LogP) is 4.59. The minimum absolute atomic E-state index is 0.0784.